The molecule has 108 valence electrons. The predicted molar refractivity (Wildman–Crippen MR) is 73.4 cm³/mol. The topological polar surface area (TPSA) is 141 Å². The first-order valence-corrected chi connectivity index (χ1v) is 9.59. The largest absolute Gasteiger partial charge is 0.325 e. The molecule has 8 nitrogen and oxygen atoms in total. The smallest absolute Gasteiger partial charge is 0.322 e. The molecule has 0 radical (unpaired) electrons. The molecule has 0 aliphatic heterocycles. The second kappa shape index (κ2) is 7.81. The third kappa shape index (κ3) is 15.3. The van der Waals surface area contributed by atoms with Crippen LogP contribution >= 0.6 is 26.7 Å². The lowest BCUT2D eigenvalue weighted by molar-refractivity contribution is 0.379. The van der Waals surface area contributed by atoms with E-state index in [0.29, 0.717) is 0 Å². The Hall–Kier alpha value is -0.660. The van der Waals surface area contributed by atoms with Crippen molar-refractivity contribution in [2.24, 2.45) is 0 Å². The van der Waals surface area contributed by atoms with E-state index in [1.807, 2.05) is 24.3 Å². The zero-order valence-corrected chi connectivity index (χ0v) is 12.7. The molecule has 0 saturated carbocycles. The van der Waals surface area contributed by atoms with Gasteiger partial charge in [-0.15, -0.1) is 5.10 Å². The van der Waals surface area contributed by atoms with E-state index in [4.69, 9.17) is 19.6 Å². The molecule has 0 fully saturated rings. The molecular formula is C8H14N2O6P2S. The average molecular weight is 328 g/mol. The molecule has 0 aliphatic rings. The second-order valence-corrected chi connectivity index (χ2v) is 7.54. The van der Waals surface area contributed by atoms with Crippen LogP contribution < -0.4 is 0 Å². The maximum atomic E-state index is 9.33. The van der Waals surface area contributed by atoms with Crippen molar-refractivity contribution in [1.82, 2.24) is 9.59 Å². The quantitative estimate of drug-likeness (QED) is 0.530. The minimum absolute atomic E-state index is 0.854. The highest BCUT2D eigenvalue weighted by molar-refractivity contribution is 7.51. The minimum Gasteiger partial charge on any atom is -0.325 e. The summed E-state index contributed by atoms with van der Waals surface area (Å²) in [4.78, 5) is 30.5. The first-order valence-electron chi connectivity index (χ1n) is 4.70. The summed E-state index contributed by atoms with van der Waals surface area (Å²) in [7, 11) is -7.28. The molecule has 0 amide bonds. The van der Waals surface area contributed by atoms with E-state index in [9.17, 15) is 9.13 Å². The van der Waals surface area contributed by atoms with Gasteiger partial charge in [0.1, 0.15) is 5.52 Å². The van der Waals surface area contributed by atoms with Crippen molar-refractivity contribution in [2.45, 2.75) is 0 Å². The summed E-state index contributed by atoms with van der Waals surface area (Å²) >= 11 is 1.43. The molecule has 0 saturated heterocycles. The average Bonchev–Trinajstić information content (AvgIpc) is 2.59. The first-order chi connectivity index (χ1) is 8.47. The molecule has 19 heavy (non-hydrogen) atoms. The molecule has 0 spiro atoms. The van der Waals surface area contributed by atoms with E-state index < -0.39 is 15.2 Å². The molecule has 2 rings (SSSR count). The summed E-state index contributed by atoms with van der Waals surface area (Å²) in [5, 5.41) is 3.89. The van der Waals surface area contributed by atoms with Gasteiger partial charge >= 0.3 is 15.2 Å². The predicted octanol–water partition coefficient (Wildman–Crippen LogP) is 1.28. The SMILES string of the molecule is CP(=O)(O)O.CP(=O)(O)O.c1ccc2snnc2c1. The van der Waals surface area contributed by atoms with Crippen molar-refractivity contribution >= 4 is 36.9 Å². The van der Waals surface area contributed by atoms with Gasteiger partial charge in [-0.05, 0) is 23.7 Å². The van der Waals surface area contributed by atoms with Crippen LogP contribution in [0.15, 0.2) is 24.3 Å². The van der Waals surface area contributed by atoms with Crippen molar-refractivity contribution in [3.63, 3.8) is 0 Å². The van der Waals surface area contributed by atoms with Crippen LogP contribution in [0.1, 0.15) is 0 Å². The zero-order chi connectivity index (χ0) is 15.1. The highest BCUT2D eigenvalue weighted by Crippen LogP contribution is 2.27. The summed E-state index contributed by atoms with van der Waals surface area (Å²) in [6.07, 6.45) is 0. The summed E-state index contributed by atoms with van der Waals surface area (Å²) < 4.78 is 23.6. The van der Waals surface area contributed by atoms with Crippen LogP contribution in [0.5, 0.6) is 0 Å². The van der Waals surface area contributed by atoms with E-state index in [1.165, 1.54) is 11.5 Å². The summed E-state index contributed by atoms with van der Waals surface area (Å²) in [6, 6.07) is 7.92. The highest BCUT2D eigenvalue weighted by Gasteiger charge is 1.96. The van der Waals surface area contributed by atoms with E-state index in [1.54, 1.807) is 0 Å². The lowest BCUT2D eigenvalue weighted by Crippen LogP contribution is -1.64. The Morgan fingerprint density at radius 2 is 1.42 bits per heavy atom. The fraction of sp³-hybridized carbons (Fsp3) is 0.250. The van der Waals surface area contributed by atoms with Crippen LogP contribution in [0.4, 0.5) is 0 Å². The number of hydrogen-bond acceptors (Lipinski definition) is 5. The fourth-order valence-electron chi connectivity index (χ4n) is 0.725. The van der Waals surface area contributed by atoms with Gasteiger partial charge in [0.25, 0.3) is 0 Å². The van der Waals surface area contributed by atoms with E-state index >= 15 is 0 Å². The van der Waals surface area contributed by atoms with Crippen LogP contribution in [-0.4, -0.2) is 42.5 Å². The van der Waals surface area contributed by atoms with Crippen molar-refractivity contribution in [1.29, 1.82) is 0 Å². The molecule has 2 aromatic rings. The van der Waals surface area contributed by atoms with Crippen molar-refractivity contribution in [3.05, 3.63) is 24.3 Å². The number of fused-ring (bicyclic) bond motifs is 1. The molecule has 1 heterocycles. The number of nitrogens with zero attached hydrogens (tertiary/aromatic N) is 2. The lowest BCUT2D eigenvalue weighted by atomic mass is 10.3. The molecule has 1 aromatic heterocycles. The number of hydrogen-bond donors (Lipinski definition) is 4. The van der Waals surface area contributed by atoms with Gasteiger partial charge in [-0.3, -0.25) is 9.13 Å². The number of benzene rings is 1. The molecule has 0 aliphatic carbocycles. The van der Waals surface area contributed by atoms with E-state index in [-0.39, 0.29) is 0 Å². The summed E-state index contributed by atoms with van der Waals surface area (Å²) in [5.41, 5.74) is 0.988. The molecule has 1 aromatic carbocycles. The highest BCUT2D eigenvalue weighted by atomic mass is 32.1. The Morgan fingerprint density at radius 3 is 1.84 bits per heavy atom. The Balaban J connectivity index is 0.000000283. The van der Waals surface area contributed by atoms with Gasteiger partial charge < -0.3 is 19.6 Å². The maximum absolute atomic E-state index is 9.33. The van der Waals surface area contributed by atoms with Crippen LogP contribution in [0.2, 0.25) is 0 Å². The monoisotopic (exact) mass is 328 g/mol. The third-order valence-electron chi connectivity index (χ3n) is 1.15. The van der Waals surface area contributed by atoms with Gasteiger partial charge in [0, 0.05) is 13.3 Å². The summed E-state index contributed by atoms with van der Waals surface area (Å²) in [6.45, 7) is 1.71. The Labute approximate surface area is 113 Å². The Bertz CT molecular complexity index is 525. The van der Waals surface area contributed by atoms with Crippen molar-refractivity contribution < 1.29 is 28.7 Å². The molecule has 11 heteroatoms. The maximum Gasteiger partial charge on any atom is 0.322 e. The summed E-state index contributed by atoms with van der Waals surface area (Å²) in [5.74, 6) is 0. The Morgan fingerprint density at radius 1 is 1.00 bits per heavy atom. The van der Waals surface area contributed by atoms with Gasteiger partial charge in [-0.1, -0.05) is 16.6 Å². The van der Waals surface area contributed by atoms with Crippen LogP contribution in [-0.2, 0) is 9.13 Å². The lowest BCUT2D eigenvalue weighted by Gasteiger charge is -1.84. The number of aromatic nitrogens is 2. The van der Waals surface area contributed by atoms with Gasteiger partial charge in [-0.2, -0.15) is 0 Å². The van der Waals surface area contributed by atoms with Gasteiger partial charge in [0.15, 0.2) is 0 Å². The number of rotatable bonds is 0. The van der Waals surface area contributed by atoms with E-state index in [0.717, 1.165) is 23.5 Å². The molecule has 0 atom stereocenters. The molecule has 0 unspecified atom stereocenters. The van der Waals surface area contributed by atoms with Crippen LogP contribution in [0.25, 0.3) is 10.2 Å². The molecule has 0 bridgehead atoms. The molecule has 4 N–H and O–H groups in total. The van der Waals surface area contributed by atoms with Gasteiger partial charge in [0.05, 0.1) is 4.70 Å². The van der Waals surface area contributed by atoms with Crippen molar-refractivity contribution in [2.75, 3.05) is 13.3 Å². The Kier molecular flexibility index (Phi) is 7.54. The standard InChI is InChI=1S/C6H4N2S.2CH5O3P/c1-2-4-6-5(3-1)7-8-9-6;2*1-5(2,3)4/h1-4H;2*1H3,(H2,2,3,4). The zero-order valence-electron chi connectivity index (χ0n) is 10.1. The van der Waals surface area contributed by atoms with Crippen LogP contribution in [0.3, 0.4) is 0 Å². The minimum atomic E-state index is -3.64. The normalized spacial score (nSPS) is 11.1. The molecular weight excluding hydrogens is 314 g/mol. The van der Waals surface area contributed by atoms with Gasteiger partial charge in [-0.25, -0.2) is 0 Å². The second-order valence-electron chi connectivity index (χ2n) is 3.41. The fourth-order valence-corrected chi connectivity index (χ4v) is 1.28. The van der Waals surface area contributed by atoms with Crippen LogP contribution in [0, 0.1) is 0 Å². The third-order valence-corrected chi connectivity index (χ3v) is 1.86. The van der Waals surface area contributed by atoms with Gasteiger partial charge in [0.2, 0.25) is 0 Å². The van der Waals surface area contributed by atoms with E-state index in [2.05, 4.69) is 9.59 Å². The van der Waals surface area contributed by atoms with Crippen molar-refractivity contribution in [3.8, 4) is 0 Å². The first kappa shape index (κ1) is 18.3.